The Morgan fingerprint density at radius 1 is 0.758 bits per heavy atom. The number of esters is 2. The van der Waals surface area contributed by atoms with Gasteiger partial charge in [-0.15, -0.1) is 0 Å². The summed E-state index contributed by atoms with van der Waals surface area (Å²) in [5.74, 6) is -1.18. The van der Waals surface area contributed by atoms with Gasteiger partial charge < -0.3 is 19.3 Å². The summed E-state index contributed by atoms with van der Waals surface area (Å²) >= 11 is 1.33. The van der Waals surface area contributed by atoms with Gasteiger partial charge in [0.2, 0.25) is 0 Å². The molecule has 0 radical (unpaired) electrons. The molecule has 3 unspecified atom stereocenters. The van der Waals surface area contributed by atoms with Crippen LogP contribution in [0.2, 0.25) is 0 Å². The lowest BCUT2D eigenvalue weighted by molar-refractivity contribution is -0.194. The first kappa shape index (κ1) is 23.0. The van der Waals surface area contributed by atoms with E-state index in [0.29, 0.717) is 11.1 Å². The lowest BCUT2D eigenvalue weighted by Gasteiger charge is -2.42. The van der Waals surface area contributed by atoms with Gasteiger partial charge in [-0.3, -0.25) is 0 Å². The summed E-state index contributed by atoms with van der Waals surface area (Å²) < 4.78 is 17.4. The van der Waals surface area contributed by atoms with Crippen LogP contribution >= 0.6 is 11.8 Å². The van der Waals surface area contributed by atoms with E-state index in [1.165, 1.54) is 11.8 Å². The van der Waals surface area contributed by atoms with Crippen LogP contribution in [0.1, 0.15) is 27.6 Å². The van der Waals surface area contributed by atoms with Crippen LogP contribution in [0.5, 0.6) is 0 Å². The second-order valence-corrected chi connectivity index (χ2v) is 8.77. The van der Waals surface area contributed by atoms with E-state index in [2.05, 4.69) is 0 Å². The van der Waals surface area contributed by atoms with Gasteiger partial charge in [-0.2, -0.15) is 0 Å². The first-order chi connectivity index (χ1) is 16.0. The van der Waals surface area contributed by atoms with Crippen LogP contribution in [0, 0.1) is 0 Å². The van der Waals surface area contributed by atoms with Crippen molar-refractivity contribution in [2.75, 3.05) is 0 Å². The molecule has 1 fully saturated rings. The van der Waals surface area contributed by atoms with Crippen LogP contribution in [0.3, 0.4) is 0 Å². The van der Waals surface area contributed by atoms with Crippen molar-refractivity contribution in [3.8, 4) is 0 Å². The van der Waals surface area contributed by atoms with Crippen molar-refractivity contribution in [3.05, 3.63) is 102 Å². The third-order valence-electron chi connectivity index (χ3n) is 5.25. The zero-order chi connectivity index (χ0) is 23.2. The number of thioether (sulfide) groups is 1. The number of ether oxygens (including phenoxy) is 3. The van der Waals surface area contributed by atoms with E-state index in [4.69, 9.17) is 14.2 Å². The van der Waals surface area contributed by atoms with Crippen molar-refractivity contribution in [1.29, 1.82) is 0 Å². The number of carbonyl (C=O) groups excluding carboxylic acids is 2. The monoisotopic (exact) mass is 464 g/mol. The summed E-state index contributed by atoms with van der Waals surface area (Å²) in [6.07, 6.45) is -3.98. The molecule has 7 heteroatoms. The molecule has 1 heterocycles. The Morgan fingerprint density at radius 2 is 1.21 bits per heavy atom. The average molecular weight is 465 g/mol. The second kappa shape index (κ2) is 10.7. The summed E-state index contributed by atoms with van der Waals surface area (Å²) in [5.41, 5.74) is 0.0110. The van der Waals surface area contributed by atoms with E-state index in [9.17, 15) is 14.7 Å². The number of benzene rings is 3. The highest BCUT2D eigenvalue weighted by Gasteiger charge is 2.48. The molecule has 0 amide bonds. The Labute approximate surface area is 196 Å². The Bertz CT molecular complexity index is 1060. The smallest absolute Gasteiger partial charge is 0.338 e. The van der Waals surface area contributed by atoms with Gasteiger partial charge in [-0.25, -0.2) is 9.59 Å². The lowest BCUT2D eigenvalue weighted by atomic mass is 10.00. The molecule has 0 aromatic heterocycles. The molecule has 170 valence electrons. The molecule has 0 spiro atoms. The molecule has 3 aromatic carbocycles. The highest BCUT2D eigenvalue weighted by molar-refractivity contribution is 7.99. The molecule has 4 rings (SSSR count). The summed E-state index contributed by atoms with van der Waals surface area (Å²) in [4.78, 5) is 26.3. The molecular formula is C26H24O6S. The van der Waals surface area contributed by atoms with Gasteiger partial charge in [-0.1, -0.05) is 66.4 Å². The normalized spacial score (nSPS) is 24.6. The third kappa shape index (κ3) is 5.63. The van der Waals surface area contributed by atoms with Gasteiger partial charge >= 0.3 is 11.9 Å². The van der Waals surface area contributed by atoms with E-state index >= 15 is 0 Å². The van der Waals surface area contributed by atoms with Crippen LogP contribution in [0.15, 0.2) is 95.9 Å². The molecule has 6 nitrogen and oxygen atoms in total. The summed E-state index contributed by atoms with van der Waals surface area (Å²) in [7, 11) is 0. The van der Waals surface area contributed by atoms with Gasteiger partial charge in [0.05, 0.1) is 17.2 Å². The van der Waals surface area contributed by atoms with E-state index in [-0.39, 0.29) is 0 Å². The number of hydrogen-bond acceptors (Lipinski definition) is 7. The number of aliphatic hydroxyl groups is 1. The quantitative estimate of drug-likeness (QED) is 0.544. The molecule has 3 aromatic rings. The van der Waals surface area contributed by atoms with Crippen molar-refractivity contribution >= 4 is 23.7 Å². The summed E-state index contributed by atoms with van der Waals surface area (Å²) in [5, 5.41) is 11.2. The molecule has 0 aliphatic carbocycles. The number of aliphatic hydroxyl groups excluding tert-OH is 1. The Morgan fingerprint density at radius 3 is 1.73 bits per heavy atom. The second-order valence-electron chi connectivity index (χ2n) is 7.60. The molecular weight excluding hydrogens is 440 g/mol. The van der Waals surface area contributed by atoms with Gasteiger partial charge in [0.1, 0.15) is 11.5 Å². The molecule has 33 heavy (non-hydrogen) atoms. The average Bonchev–Trinajstić information content (AvgIpc) is 2.85. The van der Waals surface area contributed by atoms with Crippen molar-refractivity contribution in [2.24, 2.45) is 0 Å². The molecule has 1 aliphatic heterocycles. The third-order valence-corrected chi connectivity index (χ3v) is 6.41. The van der Waals surface area contributed by atoms with Crippen LogP contribution in [-0.2, 0) is 14.2 Å². The fourth-order valence-corrected chi connectivity index (χ4v) is 4.71. The predicted molar refractivity (Wildman–Crippen MR) is 124 cm³/mol. The molecule has 5 atom stereocenters. The fourth-order valence-electron chi connectivity index (χ4n) is 3.54. The molecule has 0 bridgehead atoms. The maximum absolute atomic E-state index is 12.8. The minimum atomic E-state index is -1.28. The van der Waals surface area contributed by atoms with Crippen molar-refractivity contribution in [2.45, 2.75) is 41.7 Å². The highest BCUT2D eigenvalue weighted by Crippen LogP contribution is 2.36. The topological polar surface area (TPSA) is 82.1 Å². The van der Waals surface area contributed by atoms with Gasteiger partial charge in [0.25, 0.3) is 0 Å². The van der Waals surface area contributed by atoms with E-state index in [1.807, 2.05) is 30.3 Å². The summed E-state index contributed by atoms with van der Waals surface area (Å²) in [6, 6.07) is 26.5. The van der Waals surface area contributed by atoms with Gasteiger partial charge in [0, 0.05) is 4.90 Å². The lowest BCUT2D eigenvalue weighted by Crippen LogP contribution is -2.58. The minimum absolute atomic E-state index is 0.351. The van der Waals surface area contributed by atoms with Crippen molar-refractivity contribution in [1.82, 2.24) is 0 Å². The van der Waals surface area contributed by atoms with Gasteiger partial charge in [-0.05, 0) is 43.3 Å². The van der Waals surface area contributed by atoms with Crippen molar-refractivity contribution in [3.63, 3.8) is 0 Å². The van der Waals surface area contributed by atoms with E-state index in [0.717, 1.165) is 4.90 Å². The number of hydrogen-bond donors (Lipinski definition) is 1. The SMILES string of the molecule is CC1O[C@@H](Sc2ccccc2)C(OC(=O)c2ccccc2)C(O)[C@H]1OC(=O)c1ccccc1. The highest BCUT2D eigenvalue weighted by atomic mass is 32.2. The molecule has 1 aliphatic rings. The number of rotatable bonds is 6. The maximum atomic E-state index is 12.8. The van der Waals surface area contributed by atoms with Crippen LogP contribution in [-0.4, -0.2) is 46.9 Å². The Balaban J connectivity index is 1.56. The minimum Gasteiger partial charge on any atom is -0.453 e. The van der Waals surface area contributed by atoms with Crippen LogP contribution in [0.4, 0.5) is 0 Å². The standard InChI is InChI=1S/C26H24O6S/c1-17-22(31-24(28)18-11-5-2-6-12-18)21(27)23(32-25(29)19-13-7-3-8-14-19)26(30-17)33-20-15-9-4-10-16-20/h2-17,21-23,26-27H,1H3/t17?,21?,22-,23?,26-/m0/s1. The van der Waals surface area contributed by atoms with E-state index in [1.54, 1.807) is 67.6 Å². The first-order valence-corrected chi connectivity index (χ1v) is 11.5. The Hall–Kier alpha value is -3.13. The summed E-state index contributed by atoms with van der Waals surface area (Å²) in [6.45, 7) is 1.72. The Kier molecular flexibility index (Phi) is 7.44. The zero-order valence-electron chi connectivity index (χ0n) is 17.9. The van der Waals surface area contributed by atoms with E-state index < -0.39 is 41.8 Å². The predicted octanol–water partition coefficient (Wildman–Crippen LogP) is 4.34. The molecule has 0 saturated carbocycles. The largest absolute Gasteiger partial charge is 0.453 e. The zero-order valence-corrected chi connectivity index (χ0v) is 18.8. The maximum Gasteiger partial charge on any atom is 0.338 e. The van der Waals surface area contributed by atoms with Crippen molar-refractivity contribution < 1.29 is 28.9 Å². The molecule has 1 N–H and O–H groups in total. The van der Waals surface area contributed by atoms with Crippen LogP contribution < -0.4 is 0 Å². The van der Waals surface area contributed by atoms with Gasteiger partial charge in [0.15, 0.2) is 12.2 Å². The van der Waals surface area contributed by atoms with Crippen LogP contribution in [0.25, 0.3) is 0 Å². The molecule has 1 saturated heterocycles. The first-order valence-electron chi connectivity index (χ1n) is 10.6. The number of carbonyl (C=O) groups is 2. The fraction of sp³-hybridized carbons (Fsp3) is 0.231.